The molecule has 1 aromatic carbocycles. The van der Waals surface area contributed by atoms with Gasteiger partial charge in [0.2, 0.25) is 0 Å². The first-order valence-electron chi connectivity index (χ1n) is 6.79. The lowest BCUT2D eigenvalue weighted by molar-refractivity contribution is -0.215. The van der Waals surface area contributed by atoms with Crippen LogP contribution in [0.5, 0.6) is 0 Å². The van der Waals surface area contributed by atoms with Crippen molar-refractivity contribution in [3.63, 3.8) is 0 Å². The first-order valence-corrected chi connectivity index (χ1v) is 6.79. The van der Waals surface area contributed by atoms with E-state index in [2.05, 4.69) is 4.74 Å². The number of halogens is 3. The molecular formula is C14H16F3N3O4. The number of rotatable bonds is 5. The highest BCUT2D eigenvalue weighted by atomic mass is 19.4. The van der Waals surface area contributed by atoms with Gasteiger partial charge in [-0.25, -0.2) is 9.59 Å². The summed E-state index contributed by atoms with van der Waals surface area (Å²) >= 11 is 0. The van der Waals surface area contributed by atoms with Crippen molar-refractivity contribution >= 4 is 17.9 Å². The van der Waals surface area contributed by atoms with Gasteiger partial charge in [0, 0.05) is 12.6 Å². The van der Waals surface area contributed by atoms with Gasteiger partial charge in [-0.1, -0.05) is 18.2 Å². The largest absolute Gasteiger partial charge is 0.463 e. The number of urea groups is 1. The molecule has 0 saturated heterocycles. The van der Waals surface area contributed by atoms with Crippen LogP contribution in [0.2, 0.25) is 0 Å². The summed E-state index contributed by atoms with van der Waals surface area (Å²) < 4.78 is 45.1. The molecule has 132 valence electrons. The van der Waals surface area contributed by atoms with E-state index in [4.69, 9.17) is 0 Å². The predicted octanol–water partition coefficient (Wildman–Crippen LogP) is 1.17. The Morgan fingerprint density at radius 2 is 1.67 bits per heavy atom. The molecule has 0 heterocycles. The third-order valence-electron chi connectivity index (χ3n) is 2.87. The average molecular weight is 347 g/mol. The van der Waals surface area contributed by atoms with E-state index in [0.717, 1.165) is 7.05 Å². The number of nitrogens with one attached hydrogen (secondary N) is 3. The summed E-state index contributed by atoms with van der Waals surface area (Å²) in [5.74, 6) is -3.07. The highest BCUT2D eigenvalue weighted by molar-refractivity contribution is 5.99. The third kappa shape index (κ3) is 4.15. The van der Waals surface area contributed by atoms with Gasteiger partial charge in [-0.15, -0.1) is 0 Å². The highest BCUT2D eigenvalue weighted by Crippen LogP contribution is 2.30. The number of carbonyl (C=O) groups is 3. The van der Waals surface area contributed by atoms with Crippen LogP contribution in [0.3, 0.4) is 0 Å². The molecule has 1 atom stereocenters. The quantitative estimate of drug-likeness (QED) is 0.550. The third-order valence-corrected chi connectivity index (χ3v) is 2.87. The van der Waals surface area contributed by atoms with Gasteiger partial charge in [0.05, 0.1) is 6.61 Å². The van der Waals surface area contributed by atoms with Crippen LogP contribution < -0.4 is 16.0 Å². The summed E-state index contributed by atoms with van der Waals surface area (Å²) in [4.78, 5) is 35.4. The maximum atomic E-state index is 13.6. The molecule has 0 aromatic heterocycles. The van der Waals surface area contributed by atoms with Crippen LogP contribution in [0.1, 0.15) is 17.3 Å². The fourth-order valence-corrected chi connectivity index (χ4v) is 1.69. The van der Waals surface area contributed by atoms with E-state index in [1.54, 1.807) is 6.07 Å². The van der Waals surface area contributed by atoms with Gasteiger partial charge < -0.3 is 15.4 Å². The Morgan fingerprint density at radius 3 is 2.12 bits per heavy atom. The fraction of sp³-hybridized carbons (Fsp3) is 0.357. The maximum absolute atomic E-state index is 13.6. The van der Waals surface area contributed by atoms with Gasteiger partial charge in [0.25, 0.3) is 5.91 Å². The molecule has 1 aromatic rings. The Balaban J connectivity index is 3.31. The molecule has 0 bridgehead atoms. The molecule has 0 saturated carbocycles. The van der Waals surface area contributed by atoms with Crippen molar-refractivity contribution in [2.24, 2.45) is 0 Å². The number of hydrogen-bond acceptors (Lipinski definition) is 4. The van der Waals surface area contributed by atoms with Gasteiger partial charge in [0.15, 0.2) is 0 Å². The number of benzene rings is 1. The van der Waals surface area contributed by atoms with E-state index in [1.165, 1.54) is 41.8 Å². The summed E-state index contributed by atoms with van der Waals surface area (Å²) in [5, 5.41) is 4.84. The Bertz CT molecular complexity index is 607. The van der Waals surface area contributed by atoms with Crippen molar-refractivity contribution in [3.05, 3.63) is 35.9 Å². The van der Waals surface area contributed by atoms with Crippen LogP contribution in [0.25, 0.3) is 0 Å². The SMILES string of the molecule is CCOC(=O)C(NC(=O)NC)(NC(=O)c1ccccc1)C(F)(F)F. The second kappa shape index (κ2) is 7.66. The van der Waals surface area contributed by atoms with Gasteiger partial charge >= 0.3 is 23.8 Å². The molecule has 24 heavy (non-hydrogen) atoms. The molecule has 1 rings (SSSR count). The molecule has 0 aliphatic rings. The topological polar surface area (TPSA) is 96.5 Å². The van der Waals surface area contributed by atoms with E-state index < -0.39 is 29.7 Å². The second-order valence-corrected chi connectivity index (χ2v) is 4.49. The van der Waals surface area contributed by atoms with E-state index in [9.17, 15) is 27.6 Å². The number of amides is 3. The Hall–Kier alpha value is -2.78. The van der Waals surface area contributed by atoms with Crippen LogP contribution in [-0.4, -0.2) is 43.4 Å². The molecule has 1 unspecified atom stereocenters. The van der Waals surface area contributed by atoms with Gasteiger partial charge in [-0.05, 0) is 19.1 Å². The Labute approximate surface area is 135 Å². The first kappa shape index (κ1) is 19.3. The van der Waals surface area contributed by atoms with E-state index in [1.807, 2.05) is 5.32 Å². The van der Waals surface area contributed by atoms with Crippen LogP contribution in [0, 0.1) is 0 Å². The highest BCUT2D eigenvalue weighted by Gasteiger charge is 2.64. The lowest BCUT2D eigenvalue weighted by Crippen LogP contribution is -2.74. The van der Waals surface area contributed by atoms with Crippen molar-refractivity contribution in [2.45, 2.75) is 18.8 Å². The van der Waals surface area contributed by atoms with Gasteiger partial charge in [-0.3, -0.25) is 10.1 Å². The molecule has 0 aliphatic carbocycles. The molecule has 10 heteroatoms. The number of alkyl halides is 3. The summed E-state index contributed by atoms with van der Waals surface area (Å²) in [6.45, 7) is 0.908. The lowest BCUT2D eigenvalue weighted by atomic mass is 10.1. The van der Waals surface area contributed by atoms with Crippen molar-refractivity contribution in [2.75, 3.05) is 13.7 Å². The van der Waals surface area contributed by atoms with E-state index in [-0.39, 0.29) is 12.2 Å². The van der Waals surface area contributed by atoms with Crippen LogP contribution in [-0.2, 0) is 9.53 Å². The van der Waals surface area contributed by atoms with Crippen molar-refractivity contribution in [1.29, 1.82) is 0 Å². The van der Waals surface area contributed by atoms with Crippen LogP contribution >= 0.6 is 0 Å². The standard InChI is InChI=1S/C14H16F3N3O4/c1-3-24-11(22)13(14(15,16)17,20-12(23)18-2)19-10(21)9-7-5-4-6-8-9/h4-8H,3H2,1-2H3,(H,19,21)(H2,18,20,23). The number of ether oxygens (including phenoxy) is 1. The monoisotopic (exact) mass is 347 g/mol. The Morgan fingerprint density at radius 1 is 1.08 bits per heavy atom. The summed E-state index contributed by atoms with van der Waals surface area (Å²) in [7, 11) is 1.06. The molecule has 0 radical (unpaired) electrons. The molecule has 0 fully saturated rings. The second-order valence-electron chi connectivity index (χ2n) is 4.49. The molecule has 3 amide bonds. The minimum Gasteiger partial charge on any atom is -0.463 e. The minimum atomic E-state index is -5.35. The molecule has 3 N–H and O–H groups in total. The van der Waals surface area contributed by atoms with E-state index in [0.29, 0.717) is 0 Å². The van der Waals surface area contributed by atoms with Crippen molar-refractivity contribution < 1.29 is 32.3 Å². The molecule has 0 aliphatic heterocycles. The Kier molecular flexibility index (Phi) is 6.15. The normalized spacial score (nSPS) is 13.4. The summed E-state index contributed by atoms with van der Waals surface area (Å²) in [6.07, 6.45) is -5.35. The number of esters is 1. The zero-order valence-corrected chi connectivity index (χ0v) is 12.9. The molecule has 0 spiro atoms. The first-order chi connectivity index (χ1) is 11.2. The number of carbonyl (C=O) groups excluding carboxylic acids is 3. The molecular weight excluding hydrogens is 331 g/mol. The smallest absolute Gasteiger partial charge is 0.442 e. The van der Waals surface area contributed by atoms with Crippen molar-refractivity contribution in [1.82, 2.24) is 16.0 Å². The lowest BCUT2D eigenvalue weighted by Gasteiger charge is -2.34. The van der Waals surface area contributed by atoms with Crippen LogP contribution in [0.4, 0.5) is 18.0 Å². The maximum Gasteiger partial charge on any atom is 0.442 e. The van der Waals surface area contributed by atoms with Gasteiger partial charge in [0.1, 0.15) is 0 Å². The fourth-order valence-electron chi connectivity index (χ4n) is 1.69. The average Bonchev–Trinajstić information content (AvgIpc) is 2.53. The minimum absolute atomic E-state index is 0.130. The van der Waals surface area contributed by atoms with E-state index >= 15 is 0 Å². The molecule has 7 nitrogen and oxygen atoms in total. The van der Waals surface area contributed by atoms with Crippen LogP contribution in [0.15, 0.2) is 30.3 Å². The van der Waals surface area contributed by atoms with Crippen molar-refractivity contribution in [3.8, 4) is 0 Å². The predicted molar refractivity (Wildman–Crippen MR) is 76.9 cm³/mol. The zero-order chi connectivity index (χ0) is 18.4. The van der Waals surface area contributed by atoms with Gasteiger partial charge in [-0.2, -0.15) is 13.2 Å². The summed E-state index contributed by atoms with van der Waals surface area (Å²) in [5.41, 5.74) is -3.86. The summed E-state index contributed by atoms with van der Waals surface area (Å²) in [6, 6.07) is 5.60. The zero-order valence-electron chi connectivity index (χ0n) is 12.9. The number of hydrogen-bond donors (Lipinski definition) is 3.